The zero-order valence-corrected chi connectivity index (χ0v) is 13.1. The van der Waals surface area contributed by atoms with Crippen molar-refractivity contribution in [1.29, 1.82) is 0 Å². The van der Waals surface area contributed by atoms with Gasteiger partial charge in [0.1, 0.15) is 5.52 Å². The van der Waals surface area contributed by atoms with Crippen LogP contribution in [0.2, 0.25) is 0 Å². The summed E-state index contributed by atoms with van der Waals surface area (Å²) in [7, 11) is 0. The molecule has 0 bridgehead atoms. The number of hydrogen-bond acceptors (Lipinski definition) is 5. The maximum absolute atomic E-state index is 12.1. The number of hydrogen-bond donors (Lipinski definition) is 2. The fraction of sp³-hybridized carbons (Fsp3) is 0.500. The Morgan fingerprint density at radius 1 is 1.45 bits per heavy atom. The first kappa shape index (κ1) is 14.1. The largest absolute Gasteiger partial charge is 0.440 e. The van der Waals surface area contributed by atoms with Gasteiger partial charge in [-0.15, -0.1) is 0 Å². The van der Waals surface area contributed by atoms with Crippen LogP contribution in [0.3, 0.4) is 0 Å². The number of benzene rings is 1. The van der Waals surface area contributed by atoms with Crippen LogP contribution >= 0.6 is 11.8 Å². The molecule has 6 heteroatoms. The number of carbonyl (C=O) groups is 1. The number of nitrogens with zero attached hydrogens (tertiary/aromatic N) is 1. The molecule has 22 heavy (non-hydrogen) atoms. The van der Waals surface area contributed by atoms with Crippen molar-refractivity contribution in [3.63, 3.8) is 0 Å². The standard InChI is InChI=1S/C16H19N3O2S/c20-15(8-12-9-22-6-5-17-12)18-11-3-4-13-14(7-11)21-16(19-13)10-1-2-10/h3-4,7,10,12,17H,1-2,5-6,8-9H2,(H,18,20). The third-order valence-corrected chi connectivity index (χ3v) is 5.18. The van der Waals surface area contributed by atoms with E-state index in [0.29, 0.717) is 12.3 Å². The molecule has 1 atom stereocenters. The van der Waals surface area contributed by atoms with Gasteiger partial charge in [-0.3, -0.25) is 4.79 Å². The average molecular weight is 317 g/mol. The Balaban J connectivity index is 1.42. The molecule has 1 aromatic carbocycles. The smallest absolute Gasteiger partial charge is 0.225 e. The van der Waals surface area contributed by atoms with Gasteiger partial charge in [-0.25, -0.2) is 4.98 Å². The van der Waals surface area contributed by atoms with E-state index in [0.717, 1.165) is 40.7 Å². The number of nitrogens with one attached hydrogen (secondary N) is 2. The highest BCUT2D eigenvalue weighted by atomic mass is 32.2. The van der Waals surface area contributed by atoms with Crippen LogP contribution in [0.1, 0.15) is 31.1 Å². The molecule has 1 aliphatic heterocycles. The van der Waals surface area contributed by atoms with Crippen LogP contribution in [0.4, 0.5) is 5.69 Å². The van der Waals surface area contributed by atoms with Gasteiger partial charge in [0, 0.05) is 48.2 Å². The minimum absolute atomic E-state index is 0.0429. The summed E-state index contributed by atoms with van der Waals surface area (Å²) in [5.74, 6) is 3.51. The lowest BCUT2D eigenvalue weighted by atomic mass is 10.2. The molecular formula is C16H19N3O2S. The van der Waals surface area contributed by atoms with Gasteiger partial charge in [-0.1, -0.05) is 0 Å². The van der Waals surface area contributed by atoms with E-state index in [1.807, 2.05) is 30.0 Å². The average Bonchev–Trinajstić information content (AvgIpc) is 3.28. The van der Waals surface area contributed by atoms with Crippen LogP contribution in [0.5, 0.6) is 0 Å². The highest BCUT2D eigenvalue weighted by Gasteiger charge is 2.28. The van der Waals surface area contributed by atoms with Gasteiger partial charge in [-0.2, -0.15) is 11.8 Å². The van der Waals surface area contributed by atoms with Crippen molar-refractivity contribution in [3.8, 4) is 0 Å². The zero-order valence-electron chi connectivity index (χ0n) is 12.3. The first-order chi connectivity index (χ1) is 10.8. The van der Waals surface area contributed by atoms with E-state index in [4.69, 9.17) is 4.42 Å². The number of fused-ring (bicyclic) bond motifs is 1. The number of amides is 1. The molecule has 1 aliphatic carbocycles. The van der Waals surface area contributed by atoms with Crippen molar-refractivity contribution in [2.24, 2.45) is 0 Å². The van der Waals surface area contributed by atoms with Crippen molar-refractivity contribution in [2.45, 2.75) is 31.2 Å². The van der Waals surface area contributed by atoms with E-state index in [2.05, 4.69) is 15.6 Å². The van der Waals surface area contributed by atoms with E-state index in [9.17, 15) is 4.79 Å². The SMILES string of the molecule is O=C(CC1CSCCN1)Nc1ccc2nc(C3CC3)oc2c1. The fourth-order valence-corrected chi connectivity index (χ4v) is 3.66. The molecule has 1 amide bonds. The third kappa shape index (κ3) is 3.13. The van der Waals surface area contributed by atoms with Crippen LogP contribution in [0.15, 0.2) is 22.6 Å². The number of oxazole rings is 1. The summed E-state index contributed by atoms with van der Waals surface area (Å²) >= 11 is 1.90. The monoisotopic (exact) mass is 317 g/mol. The lowest BCUT2D eigenvalue weighted by Crippen LogP contribution is -2.39. The maximum atomic E-state index is 12.1. The fourth-order valence-electron chi connectivity index (χ4n) is 2.71. The molecule has 1 saturated heterocycles. The summed E-state index contributed by atoms with van der Waals surface area (Å²) in [6.45, 7) is 0.983. The molecule has 2 aromatic rings. The number of aromatic nitrogens is 1. The summed E-state index contributed by atoms with van der Waals surface area (Å²) < 4.78 is 5.79. The minimum atomic E-state index is 0.0429. The quantitative estimate of drug-likeness (QED) is 0.907. The van der Waals surface area contributed by atoms with Gasteiger partial charge in [0.2, 0.25) is 5.91 Å². The number of carbonyl (C=O) groups excluding carboxylic acids is 1. The Bertz CT molecular complexity index is 690. The Morgan fingerprint density at radius 3 is 3.14 bits per heavy atom. The Morgan fingerprint density at radius 2 is 2.36 bits per heavy atom. The highest BCUT2D eigenvalue weighted by Crippen LogP contribution is 2.40. The molecule has 2 fully saturated rings. The third-order valence-electron chi connectivity index (χ3n) is 4.05. The van der Waals surface area contributed by atoms with E-state index in [1.165, 1.54) is 12.8 Å². The van der Waals surface area contributed by atoms with Crippen LogP contribution in [-0.4, -0.2) is 35.0 Å². The second-order valence-corrected chi connectivity index (χ2v) is 7.14. The molecule has 0 radical (unpaired) electrons. The summed E-state index contributed by atoms with van der Waals surface area (Å²) in [4.78, 5) is 16.6. The molecule has 1 unspecified atom stereocenters. The van der Waals surface area contributed by atoms with E-state index >= 15 is 0 Å². The molecule has 0 spiro atoms. The van der Waals surface area contributed by atoms with E-state index in [-0.39, 0.29) is 11.9 Å². The molecule has 2 N–H and O–H groups in total. The Kier molecular flexibility index (Phi) is 3.80. The lowest BCUT2D eigenvalue weighted by molar-refractivity contribution is -0.116. The van der Waals surface area contributed by atoms with Gasteiger partial charge >= 0.3 is 0 Å². The molecule has 5 nitrogen and oxygen atoms in total. The molecule has 116 valence electrons. The predicted molar refractivity (Wildman–Crippen MR) is 88.3 cm³/mol. The molecule has 1 aromatic heterocycles. The number of rotatable bonds is 4. The van der Waals surface area contributed by atoms with E-state index < -0.39 is 0 Å². The van der Waals surface area contributed by atoms with Gasteiger partial charge in [0.05, 0.1) is 0 Å². The normalized spacial score (nSPS) is 21.9. The zero-order chi connectivity index (χ0) is 14.9. The molecule has 1 saturated carbocycles. The van der Waals surface area contributed by atoms with Crippen molar-refractivity contribution >= 4 is 34.5 Å². The molecule has 2 heterocycles. The summed E-state index contributed by atoms with van der Waals surface area (Å²) in [6, 6.07) is 5.95. The maximum Gasteiger partial charge on any atom is 0.225 e. The van der Waals surface area contributed by atoms with Crippen LogP contribution in [-0.2, 0) is 4.79 Å². The van der Waals surface area contributed by atoms with Gasteiger partial charge < -0.3 is 15.1 Å². The molecule has 4 rings (SSSR count). The lowest BCUT2D eigenvalue weighted by Gasteiger charge is -2.22. The van der Waals surface area contributed by atoms with Crippen molar-refractivity contribution in [2.75, 3.05) is 23.4 Å². The summed E-state index contributed by atoms with van der Waals surface area (Å²) in [5, 5.41) is 6.34. The van der Waals surface area contributed by atoms with Crippen LogP contribution in [0, 0.1) is 0 Å². The molecule has 2 aliphatic rings. The summed E-state index contributed by atoms with van der Waals surface area (Å²) in [5.41, 5.74) is 2.40. The summed E-state index contributed by atoms with van der Waals surface area (Å²) in [6.07, 6.45) is 2.85. The van der Waals surface area contributed by atoms with Gasteiger partial charge in [0.15, 0.2) is 11.5 Å². The van der Waals surface area contributed by atoms with E-state index in [1.54, 1.807) is 0 Å². The topological polar surface area (TPSA) is 67.2 Å². The Labute approximate surface area is 133 Å². The van der Waals surface area contributed by atoms with Crippen LogP contribution < -0.4 is 10.6 Å². The van der Waals surface area contributed by atoms with Crippen molar-refractivity contribution in [1.82, 2.24) is 10.3 Å². The van der Waals surface area contributed by atoms with Gasteiger partial charge in [-0.05, 0) is 25.0 Å². The number of thioether (sulfide) groups is 1. The first-order valence-corrected chi connectivity index (χ1v) is 8.95. The highest BCUT2D eigenvalue weighted by molar-refractivity contribution is 7.99. The Hall–Kier alpha value is -1.53. The van der Waals surface area contributed by atoms with Crippen molar-refractivity contribution in [3.05, 3.63) is 24.1 Å². The van der Waals surface area contributed by atoms with Gasteiger partial charge in [0.25, 0.3) is 0 Å². The van der Waals surface area contributed by atoms with Crippen LogP contribution in [0.25, 0.3) is 11.1 Å². The molecular weight excluding hydrogens is 298 g/mol. The second kappa shape index (κ2) is 5.93. The second-order valence-electron chi connectivity index (χ2n) is 5.99. The predicted octanol–water partition coefficient (Wildman–Crippen LogP) is 2.74. The minimum Gasteiger partial charge on any atom is -0.440 e. The van der Waals surface area contributed by atoms with Crippen molar-refractivity contribution < 1.29 is 9.21 Å². The first-order valence-electron chi connectivity index (χ1n) is 7.79. The number of anilines is 1.